The Morgan fingerprint density at radius 3 is 1.98 bits per heavy atom. The molecule has 10 aromatic rings. The first-order chi connectivity index (χ1) is 24.3. The SMILES string of the molecule is c1ccc(-c2ccc(-n3c4ccccc4c4ccc5c(c6ccccc6n5-c5nc6c7c(cccc7n5)Sc5ccccc5-6)c43)cc2)cc1. The van der Waals surface area contributed by atoms with Gasteiger partial charge in [0.2, 0.25) is 5.95 Å². The summed E-state index contributed by atoms with van der Waals surface area (Å²) in [6.45, 7) is 0. The molecule has 0 spiro atoms. The van der Waals surface area contributed by atoms with Gasteiger partial charge in [-0.1, -0.05) is 121 Å². The van der Waals surface area contributed by atoms with E-state index in [9.17, 15) is 0 Å². The van der Waals surface area contributed by atoms with Crippen LogP contribution in [0.5, 0.6) is 0 Å². The molecule has 0 bridgehead atoms. The highest BCUT2D eigenvalue weighted by Gasteiger charge is 2.25. The molecule has 1 aliphatic rings. The lowest BCUT2D eigenvalue weighted by atomic mass is 10.1. The minimum Gasteiger partial charge on any atom is -0.309 e. The zero-order valence-corrected chi connectivity index (χ0v) is 27.0. The Balaban J connectivity index is 1.23. The Bertz CT molecular complexity index is 2960. The maximum atomic E-state index is 5.39. The second kappa shape index (κ2) is 10.2. The van der Waals surface area contributed by atoms with Gasteiger partial charge in [-0.05, 0) is 59.7 Å². The number of aromatic nitrogens is 4. The Morgan fingerprint density at radius 2 is 1.12 bits per heavy atom. The first kappa shape index (κ1) is 26.9. The molecule has 0 radical (unpaired) electrons. The highest BCUT2D eigenvalue weighted by Crippen LogP contribution is 2.47. The van der Waals surface area contributed by atoms with E-state index in [0.29, 0.717) is 5.95 Å². The predicted octanol–water partition coefficient (Wildman–Crippen LogP) is 11.6. The molecule has 0 aliphatic carbocycles. The van der Waals surface area contributed by atoms with Crippen LogP contribution in [-0.2, 0) is 0 Å². The normalized spacial score (nSPS) is 12.4. The largest absolute Gasteiger partial charge is 0.309 e. The summed E-state index contributed by atoms with van der Waals surface area (Å²) in [5.41, 5.74) is 11.2. The van der Waals surface area contributed by atoms with Crippen molar-refractivity contribution in [1.29, 1.82) is 0 Å². The van der Waals surface area contributed by atoms with Gasteiger partial charge in [0, 0.05) is 48.0 Å². The maximum absolute atomic E-state index is 5.39. The molecular weight excluding hydrogens is 617 g/mol. The van der Waals surface area contributed by atoms with Crippen molar-refractivity contribution in [2.24, 2.45) is 0 Å². The minimum atomic E-state index is 0.682. The highest BCUT2D eigenvalue weighted by molar-refractivity contribution is 7.99. The average molecular weight is 643 g/mol. The monoisotopic (exact) mass is 642 g/mol. The third kappa shape index (κ3) is 3.82. The van der Waals surface area contributed by atoms with E-state index >= 15 is 0 Å². The standard InChI is InChI=1S/C44H26N4S/c1-2-11-27(12-3-1)28-21-23-29(24-22-28)47-35-17-7-4-13-30(35)31-25-26-37-40(43(31)47)32-14-5-8-18-36(32)48(37)44-45-34-16-10-20-39-41(34)42(46-44)33-15-6-9-19-38(33)49-39/h1-26H. The van der Waals surface area contributed by atoms with Crippen LogP contribution in [-0.4, -0.2) is 19.1 Å². The van der Waals surface area contributed by atoms with Crippen LogP contribution in [0.4, 0.5) is 0 Å². The molecule has 1 aliphatic heterocycles. The third-order valence-electron chi connectivity index (χ3n) is 9.94. The molecule has 49 heavy (non-hydrogen) atoms. The molecule has 0 unspecified atom stereocenters. The highest BCUT2D eigenvalue weighted by atomic mass is 32.2. The molecule has 0 saturated carbocycles. The van der Waals surface area contributed by atoms with Gasteiger partial charge in [-0.2, -0.15) is 0 Å². The summed E-state index contributed by atoms with van der Waals surface area (Å²) in [4.78, 5) is 13.1. The van der Waals surface area contributed by atoms with E-state index in [1.165, 1.54) is 53.5 Å². The Morgan fingerprint density at radius 1 is 0.429 bits per heavy atom. The summed E-state index contributed by atoms with van der Waals surface area (Å²) >= 11 is 1.80. The minimum absolute atomic E-state index is 0.682. The van der Waals surface area contributed by atoms with E-state index < -0.39 is 0 Å². The van der Waals surface area contributed by atoms with Gasteiger partial charge in [-0.15, -0.1) is 0 Å². The number of fused-ring (bicyclic) bond motifs is 9. The smallest absolute Gasteiger partial charge is 0.235 e. The predicted molar refractivity (Wildman–Crippen MR) is 203 cm³/mol. The number of rotatable bonds is 3. The topological polar surface area (TPSA) is 35.6 Å². The number of benzene rings is 7. The Labute approximate surface area is 285 Å². The molecule has 0 fully saturated rings. The van der Waals surface area contributed by atoms with Crippen LogP contribution in [0.2, 0.25) is 0 Å². The molecule has 4 heterocycles. The van der Waals surface area contributed by atoms with Crippen molar-refractivity contribution < 1.29 is 0 Å². The van der Waals surface area contributed by atoms with Gasteiger partial charge < -0.3 is 4.57 Å². The van der Waals surface area contributed by atoms with Crippen LogP contribution < -0.4 is 0 Å². The summed E-state index contributed by atoms with van der Waals surface area (Å²) in [5.74, 6) is 0.682. The van der Waals surface area contributed by atoms with E-state index in [0.717, 1.165) is 38.9 Å². The quantitative estimate of drug-likeness (QED) is 0.192. The summed E-state index contributed by atoms with van der Waals surface area (Å²) in [5, 5.41) is 5.95. The lowest BCUT2D eigenvalue weighted by molar-refractivity contribution is 1.01. The van der Waals surface area contributed by atoms with E-state index in [2.05, 4.69) is 167 Å². The van der Waals surface area contributed by atoms with Crippen molar-refractivity contribution in [3.05, 3.63) is 158 Å². The van der Waals surface area contributed by atoms with Crippen molar-refractivity contribution in [3.8, 4) is 34.0 Å². The fourth-order valence-corrected chi connectivity index (χ4v) is 8.92. The van der Waals surface area contributed by atoms with Gasteiger partial charge in [0.25, 0.3) is 0 Å². The number of hydrogen-bond acceptors (Lipinski definition) is 3. The molecule has 5 heteroatoms. The van der Waals surface area contributed by atoms with Crippen LogP contribution >= 0.6 is 11.8 Å². The van der Waals surface area contributed by atoms with Crippen molar-refractivity contribution in [2.75, 3.05) is 0 Å². The van der Waals surface area contributed by atoms with Crippen LogP contribution in [0.15, 0.2) is 168 Å². The number of nitrogens with zero attached hydrogens (tertiary/aromatic N) is 4. The lowest BCUT2D eigenvalue weighted by Gasteiger charge is -2.20. The van der Waals surface area contributed by atoms with Gasteiger partial charge in [-0.25, -0.2) is 9.97 Å². The first-order valence-electron chi connectivity index (χ1n) is 16.5. The van der Waals surface area contributed by atoms with Gasteiger partial charge in [0.1, 0.15) is 0 Å². The van der Waals surface area contributed by atoms with E-state index in [1.807, 2.05) is 0 Å². The average Bonchev–Trinajstić information content (AvgIpc) is 3.68. The summed E-state index contributed by atoms with van der Waals surface area (Å²) in [7, 11) is 0. The van der Waals surface area contributed by atoms with Crippen molar-refractivity contribution in [1.82, 2.24) is 19.1 Å². The van der Waals surface area contributed by atoms with E-state index in [4.69, 9.17) is 9.97 Å². The van der Waals surface area contributed by atoms with Gasteiger partial charge >= 0.3 is 0 Å². The maximum Gasteiger partial charge on any atom is 0.235 e. The van der Waals surface area contributed by atoms with E-state index in [-0.39, 0.29) is 0 Å². The molecule has 4 nitrogen and oxygen atoms in total. The second-order valence-electron chi connectivity index (χ2n) is 12.6. The molecule has 0 saturated heterocycles. The van der Waals surface area contributed by atoms with Gasteiger partial charge in [0.05, 0.1) is 33.3 Å². The van der Waals surface area contributed by atoms with E-state index in [1.54, 1.807) is 11.8 Å². The van der Waals surface area contributed by atoms with Crippen molar-refractivity contribution in [3.63, 3.8) is 0 Å². The van der Waals surface area contributed by atoms with Crippen LogP contribution in [0, 0.1) is 0 Å². The molecule has 3 aromatic heterocycles. The van der Waals surface area contributed by atoms with Crippen LogP contribution in [0.1, 0.15) is 0 Å². The molecule has 0 N–H and O–H groups in total. The lowest BCUT2D eigenvalue weighted by Crippen LogP contribution is -2.05. The molecule has 7 aromatic carbocycles. The number of para-hydroxylation sites is 2. The fraction of sp³-hybridized carbons (Fsp3) is 0. The molecular formula is C44H26N4S. The summed E-state index contributed by atoms with van der Waals surface area (Å²) < 4.78 is 4.70. The van der Waals surface area contributed by atoms with Crippen molar-refractivity contribution >= 4 is 66.3 Å². The zero-order valence-electron chi connectivity index (χ0n) is 26.2. The Kier molecular flexibility index (Phi) is 5.57. The molecule has 11 rings (SSSR count). The van der Waals surface area contributed by atoms with Gasteiger partial charge in [0.15, 0.2) is 0 Å². The molecule has 0 atom stereocenters. The fourth-order valence-electron chi connectivity index (χ4n) is 7.81. The zero-order chi connectivity index (χ0) is 32.1. The molecule has 0 amide bonds. The van der Waals surface area contributed by atoms with Crippen LogP contribution in [0.25, 0.3) is 88.5 Å². The first-order valence-corrected chi connectivity index (χ1v) is 17.3. The second-order valence-corrected chi connectivity index (χ2v) is 13.7. The van der Waals surface area contributed by atoms with Crippen LogP contribution in [0.3, 0.4) is 0 Å². The summed E-state index contributed by atoms with van der Waals surface area (Å²) in [6, 6.07) is 56.5. The van der Waals surface area contributed by atoms with Crippen molar-refractivity contribution in [2.45, 2.75) is 9.79 Å². The molecule has 228 valence electrons. The Hall–Kier alpha value is -6.17. The number of hydrogen-bond donors (Lipinski definition) is 0. The van der Waals surface area contributed by atoms with Gasteiger partial charge in [-0.3, -0.25) is 4.57 Å². The third-order valence-corrected chi connectivity index (χ3v) is 11.1. The summed E-state index contributed by atoms with van der Waals surface area (Å²) in [6.07, 6.45) is 0.